The van der Waals surface area contributed by atoms with E-state index in [9.17, 15) is 42.7 Å². The highest BCUT2D eigenvalue weighted by Gasteiger charge is 2.55. The summed E-state index contributed by atoms with van der Waals surface area (Å²) in [5, 5.41) is 27.3. The van der Waals surface area contributed by atoms with Crippen molar-refractivity contribution >= 4 is 56.7 Å². The molecule has 2 aliphatic carbocycles. The number of aromatic nitrogens is 2. The van der Waals surface area contributed by atoms with Crippen LogP contribution in [-0.4, -0.2) is 93.2 Å². The average molecular weight is 1120 g/mol. The van der Waals surface area contributed by atoms with Crippen molar-refractivity contribution in [1.82, 2.24) is 9.97 Å². The summed E-state index contributed by atoms with van der Waals surface area (Å²) >= 11 is 0. The van der Waals surface area contributed by atoms with Gasteiger partial charge in [-0.05, 0) is 139 Å². The fraction of sp³-hybridized carbons (Fsp3) is 0.250. The molecule has 424 valence electrons. The first-order valence-corrected chi connectivity index (χ1v) is 25.9. The van der Waals surface area contributed by atoms with Crippen LogP contribution in [0.25, 0.3) is 21.8 Å². The summed E-state index contributed by atoms with van der Waals surface area (Å²) in [7, 11) is 0. The lowest BCUT2D eigenvalue weighted by atomic mass is 9.88. The Labute approximate surface area is 471 Å². The number of carbonyl (C=O) groups is 6. The van der Waals surface area contributed by atoms with Crippen molar-refractivity contribution in [1.29, 1.82) is 0 Å². The molecule has 0 aliphatic heterocycles. The van der Waals surface area contributed by atoms with Gasteiger partial charge >= 0.3 is 5.97 Å². The number of carboxylic acids is 1. The van der Waals surface area contributed by atoms with Crippen molar-refractivity contribution in [3.05, 3.63) is 203 Å². The van der Waals surface area contributed by atoms with E-state index < -0.39 is 16.8 Å². The Balaban J connectivity index is 0.000000217. The number of ether oxygens (including phenoxy) is 3. The summed E-state index contributed by atoms with van der Waals surface area (Å²) < 4.78 is 43.5. The van der Waals surface area contributed by atoms with E-state index in [1.165, 1.54) is 36.4 Å². The van der Waals surface area contributed by atoms with E-state index in [0.717, 1.165) is 16.5 Å². The molecule has 6 aromatic carbocycles. The Morgan fingerprint density at radius 3 is 1.21 bits per heavy atom. The first kappa shape index (κ1) is 60.9. The van der Waals surface area contributed by atoms with Crippen LogP contribution < -0.4 is 15.4 Å². The quantitative estimate of drug-likeness (QED) is 0.0190. The van der Waals surface area contributed by atoms with Crippen molar-refractivity contribution in [2.45, 2.75) is 58.8 Å². The van der Waals surface area contributed by atoms with E-state index >= 15 is 0 Å². The summed E-state index contributed by atoms with van der Waals surface area (Å²) in [6.07, 6.45) is 5.86. The largest absolute Gasteiger partial charge is 0.478 e. The van der Waals surface area contributed by atoms with Crippen molar-refractivity contribution in [3.8, 4) is 23.0 Å². The number of aromatic carboxylic acids is 1. The highest BCUT2D eigenvalue weighted by Crippen LogP contribution is 2.50. The van der Waals surface area contributed by atoms with Gasteiger partial charge in [0.25, 0.3) is 0 Å². The van der Waals surface area contributed by atoms with Gasteiger partial charge in [-0.25, -0.2) is 19.5 Å². The van der Waals surface area contributed by atoms with Gasteiger partial charge in [0, 0.05) is 54.4 Å². The van der Waals surface area contributed by atoms with E-state index in [-0.39, 0.29) is 112 Å². The lowest BCUT2D eigenvalue weighted by molar-refractivity contribution is -0.135. The molecule has 16 nitrogen and oxygen atoms in total. The smallest absolute Gasteiger partial charge is 0.335 e. The number of aliphatic hydroxyl groups excluding tert-OH is 2. The third-order valence-corrected chi connectivity index (χ3v) is 13.9. The molecule has 0 spiro atoms. The minimum Gasteiger partial charge on any atom is -0.478 e. The number of nitrogens with zero attached hydrogens (tertiary/aromatic N) is 2. The molecule has 0 radical (unpaired) electrons. The number of ketones is 5. The Hall–Kier alpha value is -8.78. The molecule has 8 aromatic rings. The topological polar surface area (TPSA) is 252 Å². The molecule has 5 N–H and O–H groups in total. The predicted molar refractivity (Wildman–Crippen MR) is 301 cm³/mol. The minimum atomic E-state index is -1.03. The molecule has 2 fully saturated rings. The molecule has 2 saturated carbocycles. The van der Waals surface area contributed by atoms with Crippen LogP contribution in [0, 0.1) is 22.5 Å². The van der Waals surface area contributed by atoms with E-state index in [0.29, 0.717) is 81.8 Å². The first-order valence-electron chi connectivity index (χ1n) is 25.9. The van der Waals surface area contributed by atoms with Gasteiger partial charge in [-0.2, -0.15) is 0 Å². The third-order valence-electron chi connectivity index (χ3n) is 13.9. The van der Waals surface area contributed by atoms with Gasteiger partial charge < -0.3 is 34.4 Å². The number of Topliss-reactive ketones (excluding diaryl/α,β-unsaturated/α-hetero) is 5. The molecular formula is C64H61F2N3O13. The van der Waals surface area contributed by atoms with Crippen LogP contribution in [0.1, 0.15) is 76.1 Å². The number of aliphatic hydroxyl groups is 2. The fourth-order valence-corrected chi connectivity index (χ4v) is 9.00. The zero-order valence-electron chi connectivity index (χ0n) is 43.9. The van der Waals surface area contributed by atoms with Gasteiger partial charge in [-0.1, -0.05) is 62.0 Å². The van der Waals surface area contributed by atoms with E-state index in [1.807, 2.05) is 0 Å². The number of benzene rings is 6. The minimum absolute atomic E-state index is 0. The maximum atomic E-state index is 13.2. The van der Waals surface area contributed by atoms with Crippen molar-refractivity contribution in [2.75, 3.05) is 33.0 Å². The Morgan fingerprint density at radius 1 is 0.500 bits per heavy atom. The summed E-state index contributed by atoms with van der Waals surface area (Å²) in [5.41, 5.74) is 2.78. The molecule has 82 heavy (non-hydrogen) atoms. The van der Waals surface area contributed by atoms with Crippen LogP contribution >= 0.6 is 0 Å². The number of carbonyl (C=O) groups excluding carboxylic acids is 5. The number of nitrogens with two attached hydrogens (primary N) is 1. The average Bonchev–Trinajstić information content (AvgIpc) is 3.29. The summed E-state index contributed by atoms with van der Waals surface area (Å²) in [5.74, 6) is 4.30. The fourth-order valence-electron chi connectivity index (χ4n) is 9.00. The standard InChI is InChI=1S/C32H28FNO6.C29H22FNO5.C2H7NO2.CH4/c33-24-6-1-21(2-7-24)17-30(37)32(12-13-32)31(38)18-22-3-8-25(9-4-22)40-29-11-14-34-27-19-23(5-10-26(27)29)28(36)20-39-16-15-35;30-21-6-1-18(2-7-21)15-26(32)29(12-13-29)27(33)16-19-3-8-22(9-4-19)36-25-11-14-31-24-17-20(28(34)35)5-10-23(24)25;3-5-2-1-4;/h1-11,14,19,35H,12-13,15-18,20H2;1-11,14,17H,12-13,15-16H2,(H,34,35);4H,1-3H2;1H4. The van der Waals surface area contributed by atoms with Crippen LogP contribution in [-0.2, 0) is 54.4 Å². The van der Waals surface area contributed by atoms with E-state index in [1.54, 1.807) is 122 Å². The number of fused-ring (bicyclic) bond motifs is 2. The molecule has 2 aromatic heterocycles. The number of rotatable bonds is 24. The number of hydrogen-bond donors (Lipinski definition) is 4. The van der Waals surface area contributed by atoms with Crippen LogP contribution in [0.3, 0.4) is 0 Å². The highest BCUT2D eigenvalue weighted by molar-refractivity contribution is 6.12. The number of hydrogen-bond acceptors (Lipinski definition) is 15. The van der Waals surface area contributed by atoms with Gasteiger partial charge in [0.2, 0.25) is 0 Å². The van der Waals surface area contributed by atoms with Crippen molar-refractivity contribution in [2.24, 2.45) is 16.7 Å². The molecule has 0 bridgehead atoms. The molecule has 0 amide bonds. The number of halogens is 2. The van der Waals surface area contributed by atoms with Gasteiger partial charge in [-0.3, -0.25) is 33.9 Å². The Kier molecular flexibility index (Phi) is 20.8. The second-order valence-corrected chi connectivity index (χ2v) is 19.5. The van der Waals surface area contributed by atoms with Crippen molar-refractivity contribution in [3.63, 3.8) is 0 Å². The number of pyridine rings is 2. The summed E-state index contributed by atoms with van der Waals surface area (Å²) in [6.45, 7) is 0.0417. The van der Waals surface area contributed by atoms with Crippen LogP contribution in [0.4, 0.5) is 8.78 Å². The molecule has 2 aliphatic rings. The zero-order chi connectivity index (χ0) is 57.5. The second-order valence-electron chi connectivity index (χ2n) is 19.5. The second kappa shape index (κ2) is 28.1. The lowest BCUT2D eigenvalue weighted by Crippen LogP contribution is -2.28. The van der Waals surface area contributed by atoms with Crippen LogP contribution in [0.5, 0.6) is 23.0 Å². The maximum absolute atomic E-state index is 13.2. The number of carboxylic acid groups (broad SMARTS) is 1. The molecular weight excluding hydrogens is 1060 g/mol. The normalized spacial score (nSPS) is 13.2. The first-order chi connectivity index (χ1) is 39.1. The summed E-state index contributed by atoms with van der Waals surface area (Å²) in [4.78, 5) is 87.9. The Bertz CT molecular complexity index is 3550. The van der Waals surface area contributed by atoms with Crippen molar-refractivity contribution < 1.29 is 71.9 Å². The lowest BCUT2D eigenvalue weighted by Gasteiger charge is -2.14. The molecule has 0 unspecified atom stereocenters. The van der Waals surface area contributed by atoms with Gasteiger partial charge in [0.15, 0.2) is 28.9 Å². The molecule has 0 saturated heterocycles. The monoisotopic (exact) mass is 1120 g/mol. The molecule has 2 heterocycles. The SMILES string of the molecule is C.NOCCO.O=C(COCCO)c1ccc2c(Oc3ccc(CC(=O)C4(C(=O)Cc5ccc(F)cc5)CC4)cc3)ccnc2c1.O=C(O)c1ccc2c(Oc3ccc(CC(=O)C4(C(=O)Cc5ccc(F)cc5)CC4)cc3)ccnc2c1. The summed E-state index contributed by atoms with van der Waals surface area (Å²) in [6, 6.07) is 39.0. The predicted octanol–water partition coefficient (Wildman–Crippen LogP) is 10.1. The molecule has 0 atom stereocenters. The van der Waals surface area contributed by atoms with Gasteiger partial charge in [0.05, 0.1) is 53.9 Å². The van der Waals surface area contributed by atoms with E-state index in [4.69, 9.17) is 24.4 Å². The van der Waals surface area contributed by atoms with Crippen LogP contribution in [0.15, 0.2) is 158 Å². The molecule has 10 rings (SSSR count). The molecule has 18 heteroatoms. The third kappa shape index (κ3) is 15.6. The maximum Gasteiger partial charge on any atom is 0.335 e. The zero-order valence-corrected chi connectivity index (χ0v) is 43.9. The van der Waals surface area contributed by atoms with E-state index in [2.05, 4.69) is 20.7 Å². The van der Waals surface area contributed by atoms with Crippen LogP contribution in [0.2, 0.25) is 0 Å². The Morgan fingerprint density at radius 2 is 0.866 bits per heavy atom. The highest BCUT2D eigenvalue weighted by atomic mass is 19.1. The van der Waals surface area contributed by atoms with Gasteiger partial charge in [0.1, 0.15) is 41.2 Å². The van der Waals surface area contributed by atoms with Gasteiger partial charge in [-0.15, -0.1) is 0 Å².